The van der Waals surface area contributed by atoms with Crippen LogP contribution in [-0.4, -0.2) is 36.2 Å². The number of hydrogen-bond acceptors (Lipinski definition) is 3. The van der Waals surface area contributed by atoms with Crippen LogP contribution in [0.15, 0.2) is 72.8 Å². The first kappa shape index (κ1) is 23.1. The van der Waals surface area contributed by atoms with Gasteiger partial charge in [0.05, 0.1) is 6.04 Å². The lowest BCUT2D eigenvalue weighted by atomic mass is 9.97. The third-order valence-electron chi connectivity index (χ3n) is 5.08. The number of rotatable bonds is 10. The van der Waals surface area contributed by atoms with Crippen LogP contribution in [0.1, 0.15) is 29.2 Å². The van der Waals surface area contributed by atoms with Gasteiger partial charge < -0.3 is 9.84 Å². The first-order chi connectivity index (χ1) is 14.9. The Morgan fingerprint density at radius 3 is 1.90 bits per heavy atom. The summed E-state index contributed by atoms with van der Waals surface area (Å²) < 4.78 is 5.92. The van der Waals surface area contributed by atoms with Gasteiger partial charge in [0.2, 0.25) is 0 Å². The Hall–Kier alpha value is -2.53. The molecule has 3 aromatic carbocycles. The molecule has 0 aromatic heterocycles. The zero-order valence-electron chi connectivity index (χ0n) is 17.3. The number of carbonyl (C=O) groups is 1. The molecule has 0 spiro atoms. The number of carboxylic acids is 1. The summed E-state index contributed by atoms with van der Waals surface area (Å²) in [6, 6.07) is 23.4. The molecule has 6 heteroatoms. The van der Waals surface area contributed by atoms with E-state index in [-0.39, 0.29) is 12.5 Å². The molecule has 0 aliphatic carbocycles. The molecule has 0 amide bonds. The van der Waals surface area contributed by atoms with E-state index in [0.717, 1.165) is 22.4 Å². The van der Waals surface area contributed by atoms with Crippen molar-refractivity contribution in [3.05, 3.63) is 99.5 Å². The molecule has 0 heterocycles. The summed E-state index contributed by atoms with van der Waals surface area (Å²) in [6.07, 6.45) is 0.643. The topological polar surface area (TPSA) is 49.8 Å². The molecule has 3 rings (SSSR count). The zero-order valence-corrected chi connectivity index (χ0v) is 18.8. The Balaban J connectivity index is 1.63. The molecule has 0 saturated heterocycles. The third kappa shape index (κ3) is 7.00. The number of likely N-dealkylation sites (N-methyl/N-ethyl adjacent to an activating group) is 1. The lowest BCUT2D eigenvalue weighted by Crippen LogP contribution is -2.29. The summed E-state index contributed by atoms with van der Waals surface area (Å²) in [5, 5.41) is 10.2. The van der Waals surface area contributed by atoms with Crippen molar-refractivity contribution in [3.63, 3.8) is 0 Å². The molecular formula is C25H25Cl2NO3. The van der Waals surface area contributed by atoms with Crippen LogP contribution < -0.4 is 4.74 Å². The van der Waals surface area contributed by atoms with Crippen LogP contribution >= 0.6 is 23.2 Å². The minimum atomic E-state index is -0.792. The fourth-order valence-corrected chi connectivity index (χ4v) is 3.68. The van der Waals surface area contributed by atoms with Gasteiger partial charge in [0, 0.05) is 23.0 Å². The summed E-state index contributed by atoms with van der Waals surface area (Å²) in [6.45, 7) is 1.22. The standard InChI is InChI=1S/C25H25Cl2NO3/c1-28(16-17-31-23-13-2-18(3-14-23)4-15-24(29)30)25(19-5-9-21(26)10-6-19)20-7-11-22(27)12-8-20/h2-3,5-14,25H,4,15-17H2,1H3,(H,29,30). The molecule has 0 fully saturated rings. The molecule has 0 aliphatic rings. The van der Waals surface area contributed by atoms with Gasteiger partial charge in [0.15, 0.2) is 0 Å². The van der Waals surface area contributed by atoms with Gasteiger partial charge in [0.25, 0.3) is 0 Å². The van der Waals surface area contributed by atoms with Crippen molar-refractivity contribution in [2.24, 2.45) is 0 Å². The summed E-state index contributed by atoms with van der Waals surface area (Å²) >= 11 is 12.2. The summed E-state index contributed by atoms with van der Waals surface area (Å²) in [7, 11) is 2.06. The van der Waals surface area contributed by atoms with Gasteiger partial charge in [-0.05, 0) is 66.6 Å². The fraction of sp³-hybridized carbons (Fsp3) is 0.240. The molecule has 0 unspecified atom stereocenters. The number of aryl methyl sites for hydroxylation is 1. The molecular weight excluding hydrogens is 433 g/mol. The number of benzene rings is 3. The minimum absolute atomic E-state index is 0.0385. The predicted octanol–water partition coefficient (Wildman–Crippen LogP) is 6.11. The van der Waals surface area contributed by atoms with Gasteiger partial charge in [-0.2, -0.15) is 0 Å². The average molecular weight is 458 g/mol. The Morgan fingerprint density at radius 2 is 1.42 bits per heavy atom. The Kier molecular flexibility index (Phi) is 8.35. The van der Waals surface area contributed by atoms with Crippen LogP contribution in [0.25, 0.3) is 0 Å². The maximum atomic E-state index is 10.7. The number of aliphatic carboxylic acids is 1. The Bertz CT molecular complexity index is 928. The van der Waals surface area contributed by atoms with E-state index in [4.69, 9.17) is 33.0 Å². The number of nitrogens with zero attached hydrogens (tertiary/aromatic N) is 1. The smallest absolute Gasteiger partial charge is 0.303 e. The fourth-order valence-electron chi connectivity index (χ4n) is 3.43. The SMILES string of the molecule is CN(CCOc1ccc(CCC(=O)O)cc1)C(c1ccc(Cl)cc1)c1ccc(Cl)cc1. The molecule has 1 N–H and O–H groups in total. The second kappa shape index (κ2) is 11.2. The highest BCUT2D eigenvalue weighted by molar-refractivity contribution is 6.30. The minimum Gasteiger partial charge on any atom is -0.492 e. The zero-order chi connectivity index (χ0) is 22.2. The van der Waals surface area contributed by atoms with E-state index >= 15 is 0 Å². The largest absolute Gasteiger partial charge is 0.492 e. The summed E-state index contributed by atoms with van der Waals surface area (Å²) in [5.41, 5.74) is 3.26. The van der Waals surface area contributed by atoms with Crippen molar-refractivity contribution in [3.8, 4) is 5.75 Å². The summed E-state index contributed by atoms with van der Waals surface area (Å²) in [5.74, 6) is -0.0266. The number of halogens is 2. The van der Waals surface area contributed by atoms with Gasteiger partial charge in [-0.25, -0.2) is 0 Å². The van der Waals surface area contributed by atoms with Gasteiger partial charge >= 0.3 is 5.97 Å². The summed E-state index contributed by atoms with van der Waals surface area (Å²) in [4.78, 5) is 12.9. The molecule has 4 nitrogen and oxygen atoms in total. The Labute approximate surface area is 193 Å². The van der Waals surface area contributed by atoms with Crippen molar-refractivity contribution < 1.29 is 14.6 Å². The lowest BCUT2D eigenvalue weighted by molar-refractivity contribution is -0.136. The maximum absolute atomic E-state index is 10.7. The van der Waals surface area contributed by atoms with Crippen LogP contribution in [0.2, 0.25) is 10.0 Å². The van der Waals surface area contributed by atoms with Gasteiger partial charge in [-0.3, -0.25) is 9.69 Å². The van der Waals surface area contributed by atoms with Crippen LogP contribution in [0, 0.1) is 0 Å². The van der Waals surface area contributed by atoms with E-state index in [0.29, 0.717) is 29.6 Å². The first-order valence-electron chi connectivity index (χ1n) is 10.1. The predicted molar refractivity (Wildman–Crippen MR) is 125 cm³/mol. The van der Waals surface area contributed by atoms with Crippen molar-refractivity contribution in [2.45, 2.75) is 18.9 Å². The van der Waals surface area contributed by atoms with Crippen molar-refractivity contribution in [1.82, 2.24) is 4.90 Å². The molecule has 3 aromatic rings. The maximum Gasteiger partial charge on any atom is 0.303 e. The van der Waals surface area contributed by atoms with E-state index in [1.54, 1.807) is 0 Å². The molecule has 162 valence electrons. The second-order valence-electron chi connectivity index (χ2n) is 7.37. The number of hydrogen-bond donors (Lipinski definition) is 1. The van der Waals surface area contributed by atoms with E-state index in [1.807, 2.05) is 72.8 Å². The van der Waals surface area contributed by atoms with Crippen LogP contribution in [0.5, 0.6) is 5.75 Å². The Morgan fingerprint density at radius 1 is 0.903 bits per heavy atom. The molecule has 0 saturated carbocycles. The van der Waals surface area contributed by atoms with Gasteiger partial charge in [-0.1, -0.05) is 59.6 Å². The monoisotopic (exact) mass is 457 g/mol. The highest BCUT2D eigenvalue weighted by Crippen LogP contribution is 2.29. The van der Waals surface area contributed by atoms with Gasteiger partial charge in [-0.15, -0.1) is 0 Å². The van der Waals surface area contributed by atoms with Gasteiger partial charge in [0.1, 0.15) is 12.4 Å². The van der Waals surface area contributed by atoms with Crippen LogP contribution in [0.4, 0.5) is 0 Å². The van der Waals surface area contributed by atoms with Crippen molar-refractivity contribution >= 4 is 29.2 Å². The second-order valence-corrected chi connectivity index (χ2v) is 8.25. The quantitative estimate of drug-likeness (QED) is 0.398. The van der Waals surface area contributed by atoms with E-state index < -0.39 is 5.97 Å². The highest BCUT2D eigenvalue weighted by Gasteiger charge is 2.19. The number of carboxylic acid groups (broad SMARTS) is 1. The third-order valence-corrected chi connectivity index (χ3v) is 5.58. The average Bonchev–Trinajstić information content (AvgIpc) is 2.76. The molecule has 0 radical (unpaired) electrons. The number of ether oxygens (including phenoxy) is 1. The van der Waals surface area contributed by atoms with E-state index in [1.165, 1.54) is 0 Å². The van der Waals surface area contributed by atoms with Crippen LogP contribution in [-0.2, 0) is 11.2 Å². The normalized spacial score (nSPS) is 11.1. The van der Waals surface area contributed by atoms with Crippen LogP contribution in [0.3, 0.4) is 0 Å². The molecule has 0 atom stereocenters. The molecule has 0 bridgehead atoms. The lowest BCUT2D eigenvalue weighted by Gasteiger charge is -2.29. The van der Waals surface area contributed by atoms with E-state index in [2.05, 4.69) is 11.9 Å². The molecule has 0 aliphatic heterocycles. The molecule has 31 heavy (non-hydrogen) atoms. The first-order valence-corrected chi connectivity index (χ1v) is 10.8. The van der Waals surface area contributed by atoms with Crippen molar-refractivity contribution in [2.75, 3.05) is 20.2 Å². The van der Waals surface area contributed by atoms with E-state index in [9.17, 15) is 4.79 Å². The highest BCUT2D eigenvalue weighted by atomic mass is 35.5. The van der Waals surface area contributed by atoms with Crippen molar-refractivity contribution in [1.29, 1.82) is 0 Å².